The first-order chi connectivity index (χ1) is 8.50. The van der Waals surface area contributed by atoms with Crippen LogP contribution in [0.15, 0.2) is 30.3 Å². The van der Waals surface area contributed by atoms with E-state index >= 15 is 0 Å². The highest BCUT2D eigenvalue weighted by Gasteiger charge is 2.10. The molecule has 3 heteroatoms. The van der Waals surface area contributed by atoms with E-state index in [-0.39, 0.29) is 0 Å². The number of rotatable bonds is 1. The summed E-state index contributed by atoms with van der Waals surface area (Å²) in [5.41, 5.74) is 2.34. The van der Waals surface area contributed by atoms with Crippen LogP contribution in [-0.4, -0.2) is 24.2 Å². The highest BCUT2D eigenvalue weighted by atomic mass is 32.1. The van der Waals surface area contributed by atoms with Crippen LogP contribution in [0.2, 0.25) is 0 Å². The maximum atomic E-state index is 5.83. The molecule has 2 rings (SSSR count). The molecule has 2 aromatic carbocycles. The minimum Gasteiger partial charge on any atom is -0.431 e. The van der Waals surface area contributed by atoms with Gasteiger partial charge in [-0.2, -0.15) is 0 Å². The lowest BCUT2D eigenvalue weighted by molar-refractivity contribution is 0.450. The van der Waals surface area contributed by atoms with Crippen molar-refractivity contribution in [3.8, 4) is 5.75 Å². The Kier molecular flexibility index (Phi) is 3.53. The highest BCUT2D eigenvalue weighted by Crippen LogP contribution is 2.31. The summed E-state index contributed by atoms with van der Waals surface area (Å²) in [6.45, 7) is 4.14. The molecule has 0 aliphatic rings. The molecule has 2 aromatic rings. The van der Waals surface area contributed by atoms with Crippen LogP contribution in [0.1, 0.15) is 11.1 Å². The normalized spacial score (nSPS) is 10.4. The Bertz CT molecular complexity index is 605. The molecule has 0 heterocycles. The summed E-state index contributed by atoms with van der Waals surface area (Å²) >= 11 is 5.22. The quantitative estimate of drug-likeness (QED) is 0.725. The van der Waals surface area contributed by atoms with Gasteiger partial charge in [0.15, 0.2) is 0 Å². The summed E-state index contributed by atoms with van der Waals surface area (Å²) in [6.07, 6.45) is 0. The predicted molar refractivity (Wildman–Crippen MR) is 80.3 cm³/mol. The molecule has 0 fully saturated rings. The molecule has 0 radical (unpaired) electrons. The molecule has 18 heavy (non-hydrogen) atoms. The van der Waals surface area contributed by atoms with Crippen molar-refractivity contribution in [2.24, 2.45) is 0 Å². The average molecular weight is 259 g/mol. The van der Waals surface area contributed by atoms with Gasteiger partial charge in [-0.3, -0.25) is 0 Å². The van der Waals surface area contributed by atoms with Crippen molar-refractivity contribution in [2.45, 2.75) is 13.8 Å². The lowest BCUT2D eigenvalue weighted by Gasteiger charge is -2.17. The highest BCUT2D eigenvalue weighted by molar-refractivity contribution is 7.80. The van der Waals surface area contributed by atoms with Crippen molar-refractivity contribution < 1.29 is 4.74 Å². The summed E-state index contributed by atoms with van der Waals surface area (Å²) < 4.78 is 5.83. The van der Waals surface area contributed by atoms with Gasteiger partial charge in [-0.25, -0.2) is 0 Å². The number of aryl methyl sites for hydroxylation is 2. The van der Waals surface area contributed by atoms with E-state index in [2.05, 4.69) is 31.2 Å². The molecule has 0 spiro atoms. The molecule has 0 aliphatic carbocycles. The summed E-state index contributed by atoms with van der Waals surface area (Å²) in [7, 11) is 3.77. The maximum Gasteiger partial charge on any atom is 0.264 e. The fraction of sp³-hybridized carbons (Fsp3) is 0.267. The van der Waals surface area contributed by atoms with Gasteiger partial charge in [-0.05, 0) is 42.6 Å². The van der Waals surface area contributed by atoms with Crippen LogP contribution >= 0.6 is 12.2 Å². The lowest BCUT2D eigenvalue weighted by atomic mass is 10.0. The van der Waals surface area contributed by atoms with Gasteiger partial charge in [0.2, 0.25) is 0 Å². The third-order valence-electron chi connectivity index (χ3n) is 2.98. The van der Waals surface area contributed by atoms with Gasteiger partial charge in [0.25, 0.3) is 5.17 Å². The number of fused-ring (bicyclic) bond motifs is 1. The summed E-state index contributed by atoms with van der Waals surface area (Å²) in [5.74, 6) is 0.856. The molecule has 0 unspecified atom stereocenters. The van der Waals surface area contributed by atoms with Crippen molar-refractivity contribution >= 4 is 28.2 Å². The van der Waals surface area contributed by atoms with E-state index in [4.69, 9.17) is 17.0 Å². The molecule has 2 nitrogen and oxygen atoms in total. The first kappa shape index (κ1) is 12.8. The number of benzene rings is 2. The van der Waals surface area contributed by atoms with Crippen LogP contribution in [0.25, 0.3) is 10.8 Å². The average Bonchev–Trinajstić information content (AvgIpc) is 2.32. The summed E-state index contributed by atoms with van der Waals surface area (Å²) in [6, 6.07) is 10.4. The zero-order valence-electron chi connectivity index (χ0n) is 11.2. The zero-order chi connectivity index (χ0) is 13.3. The molecule has 0 bridgehead atoms. The Morgan fingerprint density at radius 3 is 2.39 bits per heavy atom. The van der Waals surface area contributed by atoms with E-state index in [0.717, 1.165) is 16.7 Å². The second kappa shape index (κ2) is 4.94. The molecule has 0 saturated carbocycles. The topological polar surface area (TPSA) is 12.5 Å². The van der Waals surface area contributed by atoms with Crippen molar-refractivity contribution in [2.75, 3.05) is 14.1 Å². The van der Waals surface area contributed by atoms with E-state index in [0.29, 0.717) is 5.17 Å². The summed E-state index contributed by atoms with van der Waals surface area (Å²) in [4.78, 5) is 1.80. The molecule has 0 N–H and O–H groups in total. The fourth-order valence-electron chi connectivity index (χ4n) is 1.91. The Labute approximate surface area is 113 Å². The van der Waals surface area contributed by atoms with Crippen LogP contribution < -0.4 is 4.74 Å². The van der Waals surface area contributed by atoms with Crippen LogP contribution in [0, 0.1) is 13.8 Å². The number of hydrogen-bond donors (Lipinski definition) is 0. The van der Waals surface area contributed by atoms with Crippen LogP contribution in [0.4, 0.5) is 0 Å². The van der Waals surface area contributed by atoms with Gasteiger partial charge >= 0.3 is 0 Å². The first-order valence-electron chi connectivity index (χ1n) is 5.89. The monoisotopic (exact) mass is 259 g/mol. The fourth-order valence-corrected chi connectivity index (χ4v) is 1.99. The largest absolute Gasteiger partial charge is 0.431 e. The van der Waals surface area contributed by atoms with E-state index in [1.165, 1.54) is 10.9 Å². The molecule has 0 aliphatic heterocycles. The second-order valence-electron chi connectivity index (χ2n) is 4.64. The van der Waals surface area contributed by atoms with Crippen molar-refractivity contribution in [3.05, 3.63) is 41.5 Å². The third kappa shape index (κ3) is 2.31. The van der Waals surface area contributed by atoms with E-state index in [1.807, 2.05) is 27.1 Å². The molecular formula is C15H17NOS. The minimum absolute atomic E-state index is 0.479. The Hall–Kier alpha value is -1.61. The van der Waals surface area contributed by atoms with Gasteiger partial charge in [0.1, 0.15) is 5.75 Å². The van der Waals surface area contributed by atoms with Crippen LogP contribution in [0.5, 0.6) is 5.75 Å². The molecular weight excluding hydrogens is 242 g/mol. The number of ether oxygens (including phenoxy) is 1. The molecule has 0 saturated heterocycles. The zero-order valence-corrected chi connectivity index (χ0v) is 12.0. The number of thiocarbonyl (C=S) groups is 1. The number of nitrogens with zero attached hydrogens (tertiary/aromatic N) is 1. The Balaban J connectivity index is 2.58. The van der Waals surface area contributed by atoms with Crippen LogP contribution in [-0.2, 0) is 0 Å². The number of hydrogen-bond acceptors (Lipinski definition) is 2. The third-order valence-corrected chi connectivity index (χ3v) is 3.43. The van der Waals surface area contributed by atoms with E-state index in [1.54, 1.807) is 4.90 Å². The van der Waals surface area contributed by atoms with Crippen molar-refractivity contribution in [3.63, 3.8) is 0 Å². The van der Waals surface area contributed by atoms with Gasteiger partial charge in [0.05, 0.1) is 0 Å². The van der Waals surface area contributed by atoms with Crippen molar-refractivity contribution in [1.82, 2.24) is 4.90 Å². The molecule has 0 aromatic heterocycles. The van der Waals surface area contributed by atoms with Crippen LogP contribution in [0.3, 0.4) is 0 Å². The first-order valence-corrected chi connectivity index (χ1v) is 6.29. The molecule has 94 valence electrons. The molecule has 0 amide bonds. The van der Waals surface area contributed by atoms with E-state index < -0.39 is 0 Å². The standard InChI is InChI=1S/C15H17NOS/c1-10-6-5-7-13-12(10)9-8-11(2)14(13)17-15(18)16(3)4/h5-9H,1-4H3. The van der Waals surface area contributed by atoms with Gasteiger partial charge < -0.3 is 9.64 Å². The predicted octanol–water partition coefficient (Wildman–Crippen LogP) is 3.68. The smallest absolute Gasteiger partial charge is 0.264 e. The Morgan fingerprint density at radius 1 is 1.00 bits per heavy atom. The maximum absolute atomic E-state index is 5.83. The van der Waals surface area contributed by atoms with Gasteiger partial charge in [-0.15, -0.1) is 0 Å². The van der Waals surface area contributed by atoms with E-state index in [9.17, 15) is 0 Å². The minimum atomic E-state index is 0.479. The van der Waals surface area contributed by atoms with Gasteiger partial charge in [-0.1, -0.05) is 30.3 Å². The lowest BCUT2D eigenvalue weighted by Crippen LogP contribution is -2.25. The van der Waals surface area contributed by atoms with Crippen molar-refractivity contribution in [1.29, 1.82) is 0 Å². The Morgan fingerprint density at radius 2 is 1.72 bits per heavy atom. The SMILES string of the molecule is Cc1ccc2c(C)cccc2c1OC(=S)N(C)C. The second-order valence-corrected chi connectivity index (χ2v) is 4.99. The summed E-state index contributed by atoms with van der Waals surface area (Å²) in [5, 5.41) is 2.80. The molecule has 0 atom stereocenters. The van der Waals surface area contributed by atoms with Gasteiger partial charge in [0, 0.05) is 19.5 Å².